The second kappa shape index (κ2) is 6.86. The molecule has 26 heavy (non-hydrogen) atoms. The van der Waals surface area contributed by atoms with Crippen LogP contribution in [-0.4, -0.2) is 37.2 Å². The van der Waals surface area contributed by atoms with Gasteiger partial charge in [-0.05, 0) is 36.6 Å². The zero-order valence-electron chi connectivity index (χ0n) is 14.7. The van der Waals surface area contributed by atoms with E-state index in [0.717, 1.165) is 43.4 Å². The minimum absolute atomic E-state index is 0.0725. The lowest BCUT2D eigenvalue weighted by atomic mass is 9.80. The van der Waals surface area contributed by atoms with Crippen LogP contribution in [0.3, 0.4) is 0 Å². The normalized spacial score (nSPS) is 19.4. The second-order valence-electron chi connectivity index (χ2n) is 7.03. The van der Waals surface area contributed by atoms with Crippen molar-refractivity contribution in [2.24, 2.45) is 0 Å². The first-order valence-electron chi connectivity index (χ1n) is 9.13. The van der Waals surface area contributed by atoms with Gasteiger partial charge in [0.05, 0.1) is 18.8 Å². The summed E-state index contributed by atoms with van der Waals surface area (Å²) in [5.41, 5.74) is 0.960. The molecule has 0 aromatic carbocycles. The van der Waals surface area contributed by atoms with E-state index in [-0.39, 0.29) is 18.5 Å². The van der Waals surface area contributed by atoms with Crippen LogP contribution in [0.15, 0.2) is 48.9 Å². The topological polar surface area (TPSA) is 66.4 Å². The van der Waals surface area contributed by atoms with Gasteiger partial charge in [-0.15, -0.1) is 0 Å². The predicted molar refractivity (Wildman–Crippen MR) is 95.8 cm³/mol. The zero-order valence-corrected chi connectivity index (χ0v) is 14.7. The van der Waals surface area contributed by atoms with Crippen LogP contribution in [0.1, 0.15) is 43.4 Å². The number of imide groups is 1. The lowest BCUT2D eigenvalue weighted by Gasteiger charge is -2.38. The number of pyridine rings is 2. The first-order chi connectivity index (χ1) is 12.7. The SMILES string of the molecule is O=C1N(Cc2ccccn2)C(=O)C2(CCCCC2)N1Cc1cccnc1. The van der Waals surface area contributed by atoms with E-state index in [1.165, 1.54) is 4.90 Å². The summed E-state index contributed by atoms with van der Waals surface area (Å²) in [6, 6.07) is 9.13. The van der Waals surface area contributed by atoms with E-state index in [0.29, 0.717) is 6.54 Å². The third kappa shape index (κ3) is 2.85. The third-order valence-electron chi connectivity index (χ3n) is 5.41. The average Bonchev–Trinajstić information content (AvgIpc) is 2.87. The Bertz CT molecular complexity index is 788. The maximum absolute atomic E-state index is 13.3. The predicted octanol–water partition coefficient (Wildman–Crippen LogP) is 3.14. The van der Waals surface area contributed by atoms with Crippen LogP contribution < -0.4 is 0 Å². The lowest BCUT2D eigenvalue weighted by molar-refractivity contribution is -0.135. The van der Waals surface area contributed by atoms with E-state index < -0.39 is 5.54 Å². The van der Waals surface area contributed by atoms with Crippen LogP contribution in [0.5, 0.6) is 0 Å². The van der Waals surface area contributed by atoms with Crippen molar-refractivity contribution >= 4 is 11.9 Å². The number of rotatable bonds is 4. The van der Waals surface area contributed by atoms with Gasteiger partial charge in [-0.3, -0.25) is 19.7 Å². The summed E-state index contributed by atoms with van der Waals surface area (Å²) < 4.78 is 0. The highest BCUT2D eigenvalue weighted by atomic mass is 16.2. The molecule has 134 valence electrons. The van der Waals surface area contributed by atoms with E-state index in [1.54, 1.807) is 23.5 Å². The fourth-order valence-electron chi connectivity index (χ4n) is 4.09. The standard InChI is InChI=1S/C20H22N4O2/c25-18-20(9-3-1-4-10-20)24(14-16-7-6-11-21-13-16)19(26)23(18)15-17-8-2-5-12-22-17/h2,5-8,11-13H,1,3-4,9-10,14-15H2. The van der Waals surface area contributed by atoms with Gasteiger partial charge < -0.3 is 4.90 Å². The van der Waals surface area contributed by atoms with Gasteiger partial charge >= 0.3 is 6.03 Å². The van der Waals surface area contributed by atoms with E-state index in [1.807, 2.05) is 30.3 Å². The molecule has 1 aliphatic carbocycles. The van der Waals surface area contributed by atoms with Gasteiger partial charge in [-0.2, -0.15) is 0 Å². The summed E-state index contributed by atoms with van der Waals surface area (Å²) in [5, 5.41) is 0. The Labute approximate surface area is 152 Å². The number of carbonyl (C=O) groups is 2. The molecular formula is C20H22N4O2. The molecule has 2 aromatic rings. The number of aromatic nitrogens is 2. The van der Waals surface area contributed by atoms with Crippen LogP contribution in [0.4, 0.5) is 4.79 Å². The number of carbonyl (C=O) groups excluding carboxylic acids is 2. The van der Waals surface area contributed by atoms with Gasteiger partial charge in [0, 0.05) is 18.6 Å². The van der Waals surface area contributed by atoms with Gasteiger partial charge in [0.15, 0.2) is 0 Å². The molecule has 1 saturated heterocycles. The molecule has 6 heteroatoms. The fraction of sp³-hybridized carbons (Fsp3) is 0.400. The molecule has 0 atom stereocenters. The molecule has 3 amide bonds. The average molecular weight is 350 g/mol. The molecule has 0 radical (unpaired) electrons. The monoisotopic (exact) mass is 350 g/mol. The molecule has 1 aliphatic heterocycles. The summed E-state index contributed by atoms with van der Waals surface area (Å²) in [7, 11) is 0. The van der Waals surface area contributed by atoms with Crippen molar-refractivity contribution in [3.8, 4) is 0 Å². The molecule has 3 heterocycles. The van der Waals surface area contributed by atoms with Crippen molar-refractivity contribution in [3.05, 3.63) is 60.2 Å². The Balaban J connectivity index is 1.66. The van der Waals surface area contributed by atoms with Crippen molar-refractivity contribution in [1.29, 1.82) is 0 Å². The van der Waals surface area contributed by atoms with Crippen LogP contribution >= 0.6 is 0 Å². The molecule has 0 bridgehead atoms. The highest BCUT2D eigenvalue weighted by molar-refractivity contribution is 6.07. The first-order valence-corrected chi connectivity index (χ1v) is 9.13. The molecule has 2 aromatic heterocycles. The summed E-state index contributed by atoms with van der Waals surface area (Å²) >= 11 is 0. The Morgan fingerprint density at radius 3 is 2.50 bits per heavy atom. The zero-order chi connectivity index (χ0) is 18.0. The first kappa shape index (κ1) is 16.7. The summed E-state index contributed by atoms with van der Waals surface area (Å²) in [5.74, 6) is -0.0725. The van der Waals surface area contributed by atoms with E-state index in [9.17, 15) is 9.59 Å². The largest absolute Gasteiger partial charge is 0.328 e. The smallest absolute Gasteiger partial charge is 0.305 e. The van der Waals surface area contributed by atoms with Gasteiger partial charge in [-0.1, -0.05) is 31.4 Å². The van der Waals surface area contributed by atoms with Crippen molar-refractivity contribution < 1.29 is 9.59 Å². The van der Waals surface area contributed by atoms with Crippen molar-refractivity contribution in [1.82, 2.24) is 19.8 Å². The van der Waals surface area contributed by atoms with Gasteiger partial charge in [0.2, 0.25) is 0 Å². The molecule has 2 aliphatic rings. The number of urea groups is 1. The van der Waals surface area contributed by atoms with Crippen LogP contribution in [0.25, 0.3) is 0 Å². The van der Waals surface area contributed by atoms with Crippen molar-refractivity contribution in [2.45, 2.75) is 50.7 Å². The Kier molecular flexibility index (Phi) is 4.41. The van der Waals surface area contributed by atoms with Crippen molar-refractivity contribution in [2.75, 3.05) is 0 Å². The van der Waals surface area contributed by atoms with Crippen LogP contribution in [0, 0.1) is 0 Å². The molecule has 2 fully saturated rings. The molecule has 1 spiro atoms. The molecule has 1 saturated carbocycles. The maximum atomic E-state index is 13.3. The maximum Gasteiger partial charge on any atom is 0.328 e. The molecule has 4 rings (SSSR count). The number of hydrogen-bond donors (Lipinski definition) is 0. The highest BCUT2D eigenvalue weighted by Gasteiger charge is 2.56. The minimum Gasteiger partial charge on any atom is -0.305 e. The Morgan fingerprint density at radius 1 is 0.962 bits per heavy atom. The number of hydrogen-bond acceptors (Lipinski definition) is 4. The lowest BCUT2D eigenvalue weighted by Crippen LogP contribution is -2.50. The third-order valence-corrected chi connectivity index (χ3v) is 5.41. The molecule has 6 nitrogen and oxygen atoms in total. The fourth-order valence-corrected chi connectivity index (χ4v) is 4.09. The van der Waals surface area contributed by atoms with Gasteiger partial charge in [0.1, 0.15) is 5.54 Å². The molecule has 0 unspecified atom stereocenters. The quantitative estimate of drug-likeness (QED) is 0.795. The summed E-state index contributed by atoms with van der Waals surface area (Å²) in [6.07, 6.45) is 9.68. The van der Waals surface area contributed by atoms with Gasteiger partial charge in [0.25, 0.3) is 5.91 Å². The van der Waals surface area contributed by atoms with E-state index in [4.69, 9.17) is 0 Å². The summed E-state index contributed by atoms with van der Waals surface area (Å²) in [6.45, 7) is 0.640. The molecule has 0 N–H and O–H groups in total. The number of nitrogens with zero attached hydrogens (tertiary/aromatic N) is 4. The van der Waals surface area contributed by atoms with E-state index >= 15 is 0 Å². The van der Waals surface area contributed by atoms with Crippen molar-refractivity contribution in [3.63, 3.8) is 0 Å². The summed E-state index contributed by atoms with van der Waals surface area (Å²) in [4.78, 5) is 38.1. The number of amides is 3. The minimum atomic E-state index is -0.708. The van der Waals surface area contributed by atoms with Gasteiger partial charge in [-0.25, -0.2) is 4.79 Å². The molecular weight excluding hydrogens is 328 g/mol. The Hall–Kier alpha value is -2.76. The van der Waals surface area contributed by atoms with Crippen LogP contribution in [-0.2, 0) is 17.9 Å². The second-order valence-corrected chi connectivity index (χ2v) is 7.03. The van der Waals surface area contributed by atoms with Crippen LogP contribution in [0.2, 0.25) is 0 Å². The Morgan fingerprint density at radius 2 is 1.81 bits per heavy atom. The van der Waals surface area contributed by atoms with E-state index in [2.05, 4.69) is 9.97 Å². The highest BCUT2D eigenvalue weighted by Crippen LogP contribution is 2.41.